The largest absolute Gasteiger partial charge is 0.493 e. The zero-order valence-corrected chi connectivity index (χ0v) is 14.8. The van der Waals surface area contributed by atoms with Crippen LogP contribution >= 0.6 is 0 Å². The molecule has 134 valence electrons. The van der Waals surface area contributed by atoms with Gasteiger partial charge in [-0.05, 0) is 18.2 Å². The number of hydrogen-bond acceptors (Lipinski definition) is 7. The Morgan fingerprint density at radius 3 is 2.12 bits per heavy atom. The van der Waals surface area contributed by atoms with Gasteiger partial charge in [0, 0.05) is 35.3 Å². The quantitative estimate of drug-likeness (QED) is 0.656. The van der Waals surface area contributed by atoms with Crippen molar-refractivity contribution in [2.75, 3.05) is 32.4 Å². The summed E-state index contributed by atoms with van der Waals surface area (Å²) in [6, 6.07) is 12.9. The maximum absolute atomic E-state index is 5.74. The first-order chi connectivity index (χ1) is 12.6. The molecule has 0 aliphatic heterocycles. The van der Waals surface area contributed by atoms with Crippen molar-refractivity contribution in [3.05, 3.63) is 48.7 Å². The topological polar surface area (TPSA) is 91.5 Å². The summed E-state index contributed by atoms with van der Waals surface area (Å²) in [6.45, 7) is 0. The first kappa shape index (κ1) is 17.3. The summed E-state index contributed by atoms with van der Waals surface area (Å²) >= 11 is 0. The fourth-order valence-corrected chi connectivity index (χ4v) is 2.52. The molecule has 0 amide bonds. The van der Waals surface area contributed by atoms with Crippen molar-refractivity contribution in [1.29, 1.82) is 0 Å². The van der Waals surface area contributed by atoms with E-state index in [2.05, 4.69) is 15.3 Å². The predicted octanol–water partition coefficient (Wildman–Crippen LogP) is 3.50. The van der Waals surface area contributed by atoms with Crippen molar-refractivity contribution in [1.82, 2.24) is 9.97 Å². The second kappa shape index (κ2) is 7.60. The molecule has 0 radical (unpaired) electrons. The molecule has 26 heavy (non-hydrogen) atoms. The predicted molar refractivity (Wildman–Crippen MR) is 101 cm³/mol. The van der Waals surface area contributed by atoms with Gasteiger partial charge in [-0.2, -0.15) is 0 Å². The lowest BCUT2D eigenvalue weighted by molar-refractivity contribution is 0.324. The number of rotatable bonds is 6. The Morgan fingerprint density at radius 2 is 1.54 bits per heavy atom. The zero-order valence-electron chi connectivity index (χ0n) is 14.8. The van der Waals surface area contributed by atoms with Crippen LogP contribution in [-0.4, -0.2) is 31.3 Å². The molecule has 1 heterocycles. The molecule has 0 atom stereocenters. The van der Waals surface area contributed by atoms with E-state index in [1.165, 1.54) is 0 Å². The summed E-state index contributed by atoms with van der Waals surface area (Å²) in [5, 5.41) is 3.16. The molecule has 0 fully saturated rings. The minimum absolute atomic E-state index is 0.452. The van der Waals surface area contributed by atoms with Crippen LogP contribution in [0.2, 0.25) is 0 Å². The van der Waals surface area contributed by atoms with Gasteiger partial charge in [0.1, 0.15) is 0 Å². The number of benzene rings is 2. The number of methoxy groups -OCH3 is 3. The fourth-order valence-electron chi connectivity index (χ4n) is 2.52. The molecule has 2 aromatic carbocycles. The minimum atomic E-state index is 0.452. The third-order valence-corrected chi connectivity index (χ3v) is 3.78. The van der Waals surface area contributed by atoms with Crippen LogP contribution in [0.3, 0.4) is 0 Å². The SMILES string of the molecule is COc1cc(Nc2nccc(-c3ccc(N)cc3)n2)cc(OC)c1OC. The Morgan fingerprint density at radius 1 is 0.885 bits per heavy atom. The molecule has 3 rings (SSSR count). The standard InChI is InChI=1S/C19H20N4O3/c1-24-16-10-14(11-17(25-2)18(16)26-3)22-19-21-9-8-15(23-19)12-4-6-13(20)7-5-12/h4-11H,20H2,1-3H3,(H,21,22,23). The number of nitrogens with zero attached hydrogens (tertiary/aromatic N) is 2. The summed E-state index contributed by atoms with van der Waals surface area (Å²) in [4.78, 5) is 8.82. The summed E-state index contributed by atoms with van der Waals surface area (Å²) in [7, 11) is 4.70. The Labute approximate surface area is 151 Å². The first-order valence-corrected chi connectivity index (χ1v) is 7.90. The number of hydrogen-bond donors (Lipinski definition) is 2. The van der Waals surface area contributed by atoms with Crippen LogP contribution in [0.1, 0.15) is 0 Å². The van der Waals surface area contributed by atoms with Crippen molar-refractivity contribution in [3.8, 4) is 28.5 Å². The highest BCUT2D eigenvalue weighted by molar-refractivity contribution is 5.67. The average Bonchev–Trinajstić information content (AvgIpc) is 2.68. The molecule has 0 aliphatic carbocycles. The normalized spacial score (nSPS) is 10.3. The number of nitrogens with two attached hydrogens (primary N) is 1. The lowest BCUT2D eigenvalue weighted by atomic mass is 10.1. The maximum atomic E-state index is 5.74. The third-order valence-electron chi connectivity index (χ3n) is 3.78. The van der Waals surface area contributed by atoms with Gasteiger partial charge in [-0.15, -0.1) is 0 Å². The summed E-state index contributed by atoms with van der Waals surface area (Å²) in [6.07, 6.45) is 1.69. The van der Waals surface area contributed by atoms with E-state index >= 15 is 0 Å². The Kier molecular flexibility index (Phi) is 5.07. The molecule has 0 saturated carbocycles. The van der Waals surface area contributed by atoms with Gasteiger partial charge in [-0.1, -0.05) is 12.1 Å². The van der Waals surface area contributed by atoms with Gasteiger partial charge in [0.2, 0.25) is 11.7 Å². The van der Waals surface area contributed by atoms with Gasteiger partial charge in [-0.25, -0.2) is 9.97 Å². The fraction of sp³-hybridized carbons (Fsp3) is 0.158. The summed E-state index contributed by atoms with van der Waals surface area (Å²) in [5.41, 5.74) is 8.90. The van der Waals surface area contributed by atoms with Gasteiger partial charge >= 0.3 is 0 Å². The highest BCUT2D eigenvalue weighted by Gasteiger charge is 2.14. The Balaban J connectivity index is 1.92. The van der Waals surface area contributed by atoms with E-state index in [1.807, 2.05) is 30.3 Å². The van der Waals surface area contributed by atoms with Gasteiger partial charge < -0.3 is 25.3 Å². The Hall–Kier alpha value is -3.48. The second-order valence-electron chi connectivity index (χ2n) is 5.43. The molecule has 7 heteroatoms. The molecular formula is C19H20N4O3. The lowest BCUT2D eigenvalue weighted by Crippen LogP contribution is -2.00. The van der Waals surface area contributed by atoms with Gasteiger partial charge in [0.05, 0.1) is 27.0 Å². The average molecular weight is 352 g/mol. The number of ether oxygens (including phenoxy) is 3. The molecule has 0 unspecified atom stereocenters. The van der Waals surface area contributed by atoms with E-state index in [-0.39, 0.29) is 0 Å². The van der Waals surface area contributed by atoms with Crippen LogP contribution < -0.4 is 25.3 Å². The van der Waals surface area contributed by atoms with Gasteiger partial charge in [0.15, 0.2) is 11.5 Å². The monoisotopic (exact) mass is 352 g/mol. The van der Waals surface area contributed by atoms with Crippen LogP contribution in [0.5, 0.6) is 17.2 Å². The van der Waals surface area contributed by atoms with Crippen molar-refractivity contribution in [3.63, 3.8) is 0 Å². The minimum Gasteiger partial charge on any atom is -0.493 e. The van der Waals surface area contributed by atoms with Crippen LogP contribution in [-0.2, 0) is 0 Å². The van der Waals surface area contributed by atoms with Crippen LogP contribution in [0, 0.1) is 0 Å². The number of nitrogens with one attached hydrogen (secondary N) is 1. The second-order valence-corrected chi connectivity index (χ2v) is 5.43. The van der Waals surface area contributed by atoms with Crippen LogP contribution in [0.4, 0.5) is 17.3 Å². The van der Waals surface area contributed by atoms with E-state index < -0.39 is 0 Å². The van der Waals surface area contributed by atoms with E-state index in [1.54, 1.807) is 39.7 Å². The van der Waals surface area contributed by atoms with Crippen LogP contribution in [0.15, 0.2) is 48.7 Å². The van der Waals surface area contributed by atoms with Crippen molar-refractivity contribution < 1.29 is 14.2 Å². The molecule has 0 bridgehead atoms. The molecule has 0 spiro atoms. The number of nitrogen functional groups attached to an aromatic ring is 1. The molecule has 0 saturated heterocycles. The highest BCUT2D eigenvalue weighted by Crippen LogP contribution is 2.40. The van der Waals surface area contributed by atoms with E-state index in [4.69, 9.17) is 19.9 Å². The van der Waals surface area contributed by atoms with E-state index in [0.717, 1.165) is 11.3 Å². The molecular weight excluding hydrogens is 332 g/mol. The molecule has 3 aromatic rings. The highest BCUT2D eigenvalue weighted by atomic mass is 16.5. The van der Waals surface area contributed by atoms with E-state index in [9.17, 15) is 0 Å². The Bertz CT molecular complexity index is 873. The molecule has 3 N–H and O–H groups in total. The summed E-state index contributed by atoms with van der Waals surface area (Å²) in [5.74, 6) is 2.07. The van der Waals surface area contributed by atoms with Crippen LogP contribution in [0.25, 0.3) is 11.3 Å². The third kappa shape index (κ3) is 3.61. The molecule has 7 nitrogen and oxygen atoms in total. The van der Waals surface area contributed by atoms with Gasteiger partial charge in [-0.3, -0.25) is 0 Å². The summed E-state index contributed by atoms with van der Waals surface area (Å²) < 4.78 is 16.1. The molecule has 0 aliphatic rings. The zero-order chi connectivity index (χ0) is 18.5. The first-order valence-electron chi connectivity index (χ1n) is 7.90. The van der Waals surface area contributed by atoms with Gasteiger partial charge in [0.25, 0.3) is 0 Å². The maximum Gasteiger partial charge on any atom is 0.227 e. The van der Waals surface area contributed by atoms with Crippen molar-refractivity contribution in [2.24, 2.45) is 0 Å². The smallest absolute Gasteiger partial charge is 0.227 e. The van der Waals surface area contributed by atoms with Crippen molar-refractivity contribution in [2.45, 2.75) is 0 Å². The van der Waals surface area contributed by atoms with Crippen molar-refractivity contribution >= 4 is 17.3 Å². The van der Waals surface area contributed by atoms with E-state index in [0.29, 0.717) is 34.6 Å². The molecule has 1 aromatic heterocycles. The lowest BCUT2D eigenvalue weighted by Gasteiger charge is -2.14. The number of aromatic nitrogens is 2. The number of anilines is 3.